The molecule has 0 saturated heterocycles. The van der Waals surface area contributed by atoms with Gasteiger partial charge in [0.25, 0.3) is 5.91 Å². The molecule has 0 atom stereocenters. The highest BCUT2D eigenvalue weighted by Gasteiger charge is 2.10. The van der Waals surface area contributed by atoms with Gasteiger partial charge in [0, 0.05) is 12.2 Å². The lowest BCUT2D eigenvalue weighted by Gasteiger charge is -2.08. The molecule has 0 spiro atoms. The molecule has 1 heterocycles. The SMILES string of the molecule is Cc1cc(C(=O)NCc2ccc(F)cc2)c(N)cn1. The number of carbonyl (C=O) groups excluding carboxylic acids is 1. The Kier molecular flexibility index (Phi) is 3.75. The molecule has 4 nitrogen and oxygen atoms in total. The molecule has 0 aliphatic carbocycles. The van der Waals surface area contributed by atoms with Crippen molar-refractivity contribution in [3.05, 3.63) is 59.2 Å². The minimum atomic E-state index is -0.302. The Labute approximate surface area is 110 Å². The third kappa shape index (κ3) is 3.28. The van der Waals surface area contributed by atoms with Crippen LogP contribution in [-0.2, 0) is 6.54 Å². The van der Waals surface area contributed by atoms with E-state index in [4.69, 9.17) is 5.73 Å². The lowest BCUT2D eigenvalue weighted by Crippen LogP contribution is -2.24. The van der Waals surface area contributed by atoms with Crippen LogP contribution >= 0.6 is 0 Å². The zero-order chi connectivity index (χ0) is 13.8. The Morgan fingerprint density at radius 3 is 2.74 bits per heavy atom. The van der Waals surface area contributed by atoms with Gasteiger partial charge in [-0.3, -0.25) is 9.78 Å². The number of pyridine rings is 1. The molecule has 2 aromatic rings. The quantitative estimate of drug-likeness (QED) is 0.886. The van der Waals surface area contributed by atoms with Crippen LogP contribution in [0.3, 0.4) is 0 Å². The molecule has 1 amide bonds. The van der Waals surface area contributed by atoms with Crippen molar-refractivity contribution >= 4 is 11.6 Å². The van der Waals surface area contributed by atoms with Gasteiger partial charge in [-0.25, -0.2) is 4.39 Å². The standard InChI is InChI=1S/C14H14FN3O/c1-9-6-12(13(16)8-17-9)14(19)18-7-10-2-4-11(15)5-3-10/h2-6,8H,7,16H2,1H3,(H,18,19). The first kappa shape index (κ1) is 13.0. The number of aryl methyl sites for hydroxylation is 1. The van der Waals surface area contributed by atoms with E-state index in [0.717, 1.165) is 11.3 Å². The van der Waals surface area contributed by atoms with Crippen molar-refractivity contribution in [3.8, 4) is 0 Å². The second-order valence-corrected chi connectivity index (χ2v) is 4.22. The molecule has 2 rings (SSSR count). The van der Waals surface area contributed by atoms with Crippen LogP contribution < -0.4 is 11.1 Å². The van der Waals surface area contributed by atoms with Gasteiger partial charge in [-0.2, -0.15) is 0 Å². The Hall–Kier alpha value is -2.43. The average molecular weight is 259 g/mol. The predicted octanol–water partition coefficient (Wildman–Crippen LogP) is 2.04. The molecule has 0 aliphatic heterocycles. The lowest BCUT2D eigenvalue weighted by molar-refractivity contribution is 0.0951. The number of benzene rings is 1. The molecule has 1 aromatic carbocycles. The first-order chi connectivity index (χ1) is 9.06. The van der Waals surface area contributed by atoms with Crippen LogP contribution in [0.2, 0.25) is 0 Å². The largest absolute Gasteiger partial charge is 0.397 e. The Morgan fingerprint density at radius 2 is 2.05 bits per heavy atom. The van der Waals surface area contributed by atoms with E-state index in [1.165, 1.54) is 18.3 Å². The number of nitrogens with one attached hydrogen (secondary N) is 1. The number of nitrogens with two attached hydrogens (primary N) is 1. The molecule has 5 heteroatoms. The van der Waals surface area contributed by atoms with Crippen LogP contribution in [0.15, 0.2) is 36.5 Å². The molecule has 0 radical (unpaired) electrons. The molecule has 3 N–H and O–H groups in total. The Balaban J connectivity index is 2.05. The number of nitrogens with zero attached hydrogens (tertiary/aromatic N) is 1. The molecule has 98 valence electrons. The summed E-state index contributed by atoms with van der Waals surface area (Å²) in [6.07, 6.45) is 1.46. The van der Waals surface area contributed by atoms with Crippen LogP contribution in [0.25, 0.3) is 0 Å². The van der Waals surface area contributed by atoms with E-state index in [-0.39, 0.29) is 11.7 Å². The van der Waals surface area contributed by atoms with Crippen molar-refractivity contribution < 1.29 is 9.18 Å². The highest BCUT2D eigenvalue weighted by Crippen LogP contribution is 2.11. The number of hydrogen-bond donors (Lipinski definition) is 2. The van der Waals surface area contributed by atoms with E-state index in [0.29, 0.717) is 17.8 Å². The molecule has 1 aromatic heterocycles. The number of anilines is 1. The van der Waals surface area contributed by atoms with Gasteiger partial charge in [0.15, 0.2) is 0 Å². The van der Waals surface area contributed by atoms with Gasteiger partial charge in [0.2, 0.25) is 0 Å². The zero-order valence-corrected chi connectivity index (χ0v) is 10.5. The fourth-order valence-corrected chi connectivity index (χ4v) is 1.65. The van der Waals surface area contributed by atoms with Gasteiger partial charge < -0.3 is 11.1 Å². The third-order valence-electron chi connectivity index (χ3n) is 2.68. The van der Waals surface area contributed by atoms with Crippen molar-refractivity contribution in [1.29, 1.82) is 0 Å². The van der Waals surface area contributed by atoms with E-state index < -0.39 is 0 Å². The fourth-order valence-electron chi connectivity index (χ4n) is 1.65. The number of hydrogen-bond acceptors (Lipinski definition) is 3. The molecule has 0 bridgehead atoms. The van der Waals surface area contributed by atoms with Gasteiger partial charge in [0.05, 0.1) is 17.4 Å². The zero-order valence-electron chi connectivity index (χ0n) is 10.5. The maximum atomic E-state index is 12.7. The number of nitrogen functional groups attached to an aromatic ring is 1. The lowest BCUT2D eigenvalue weighted by atomic mass is 10.1. The number of halogens is 1. The first-order valence-corrected chi connectivity index (χ1v) is 5.81. The second-order valence-electron chi connectivity index (χ2n) is 4.22. The van der Waals surface area contributed by atoms with E-state index in [2.05, 4.69) is 10.3 Å². The predicted molar refractivity (Wildman–Crippen MR) is 71.0 cm³/mol. The molecule has 19 heavy (non-hydrogen) atoms. The summed E-state index contributed by atoms with van der Waals surface area (Å²) in [5.41, 5.74) is 7.98. The monoisotopic (exact) mass is 259 g/mol. The van der Waals surface area contributed by atoms with Crippen LogP contribution in [0.1, 0.15) is 21.6 Å². The summed E-state index contributed by atoms with van der Waals surface area (Å²) < 4.78 is 12.7. The van der Waals surface area contributed by atoms with Crippen LogP contribution in [0, 0.1) is 12.7 Å². The summed E-state index contributed by atoms with van der Waals surface area (Å²) >= 11 is 0. The van der Waals surface area contributed by atoms with Gasteiger partial charge in [0.1, 0.15) is 5.82 Å². The third-order valence-corrected chi connectivity index (χ3v) is 2.68. The summed E-state index contributed by atoms with van der Waals surface area (Å²) in [6.45, 7) is 2.11. The Morgan fingerprint density at radius 1 is 1.37 bits per heavy atom. The summed E-state index contributed by atoms with van der Waals surface area (Å²) in [6, 6.07) is 7.59. The van der Waals surface area contributed by atoms with E-state index in [1.807, 2.05) is 0 Å². The number of aromatic nitrogens is 1. The van der Waals surface area contributed by atoms with E-state index in [9.17, 15) is 9.18 Å². The maximum absolute atomic E-state index is 12.7. The van der Waals surface area contributed by atoms with Gasteiger partial charge in [-0.15, -0.1) is 0 Å². The van der Waals surface area contributed by atoms with Crippen molar-refractivity contribution in [2.45, 2.75) is 13.5 Å². The van der Waals surface area contributed by atoms with E-state index >= 15 is 0 Å². The average Bonchev–Trinajstić information content (AvgIpc) is 2.40. The molecular weight excluding hydrogens is 245 g/mol. The van der Waals surface area contributed by atoms with Crippen molar-refractivity contribution in [1.82, 2.24) is 10.3 Å². The fraction of sp³-hybridized carbons (Fsp3) is 0.143. The summed E-state index contributed by atoms with van der Waals surface area (Å²) in [5.74, 6) is -0.573. The minimum absolute atomic E-state index is 0.271. The minimum Gasteiger partial charge on any atom is -0.397 e. The Bertz CT molecular complexity index is 596. The van der Waals surface area contributed by atoms with E-state index in [1.54, 1.807) is 25.1 Å². The second kappa shape index (κ2) is 5.48. The first-order valence-electron chi connectivity index (χ1n) is 5.81. The van der Waals surface area contributed by atoms with Gasteiger partial charge >= 0.3 is 0 Å². The van der Waals surface area contributed by atoms with Crippen LogP contribution in [-0.4, -0.2) is 10.9 Å². The number of rotatable bonds is 3. The number of amides is 1. The summed E-state index contributed by atoms with van der Waals surface area (Å²) in [5, 5.41) is 2.73. The van der Waals surface area contributed by atoms with Crippen molar-refractivity contribution in [2.24, 2.45) is 0 Å². The van der Waals surface area contributed by atoms with Crippen molar-refractivity contribution in [3.63, 3.8) is 0 Å². The summed E-state index contributed by atoms with van der Waals surface area (Å²) in [4.78, 5) is 16.0. The van der Waals surface area contributed by atoms with Gasteiger partial charge in [-0.05, 0) is 30.7 Å². The molecule has 0 aliphatic rings. The van der Waals surface area contributed by atoms with Crippen LogP contribution in [0.4, 0.5) is 10.1 Å². The van der Waals surface area contributed by atoms with Crippen LogP contribution in [0.5, 0.6) is 0 Å². The van der Waals surface area contributed by atoms with Gasteiger partial charge in [-0.1, -0.05) is 12.1 Å². The highest BCUT2D eigenvalue weighted by molar-refractivity contribution is 5.98. The maximum Gasteiger partial charge on any atom is 0.253 e. The molecular formula is C14H14FN3O. The molecule has 0 fully saturated rings. The summed E-state index contributed by atoms with van der Waals surface area (Å²) in [7, 11) is 0. The molecule has 0 unspecified atom stereocenters. The topological polar surface area (TPSA) is 68.0 Å². The number of carbonyl (C=O) groups is 1. The normalized spacial score (nSPS) is 10.2. The molecule has 0 saturated carbocycles. The van der Waals surface area contributed by atoms with Crippen molar-refractivity contribution in [2.75, 3.05) is 5.73 Å². The highest BCUT2D eigenvalue weighted by atomic mass is 19.1. The smallest absolute Gasteiger partial charge is 0.253 e.